The standard InChI is InChI=1S/CH4N2O3.CH3.3O.Re/c2-1(4)3-6-5;;;;;/h(H4,2,3,4,5);1H3;;;;/q;-1;;;;/p-1. The average Bonchev–Trinajstić information content (AvgIpc) is 1.62. The molecule has 0 aromatic carbocycles. The average molecular weight is 340 g/mol. The number of hydroxylamine groups is 1. The Kier molecular flexibility index (Phi) is 18.2. The van der Waals surface area contributed by atoms with Gasteiger partial charge in [0.25, 0.3) is 0 Å². The zero-order chi connectivity index (χ0) is 8.57. The molecule has 0 aliphatic carbocycles. The van der Waals surface area contributed by atoms with E-state index in [-0.39, 0.29) is 7.43 Å². The Morgan fingerprint density at radius 3 is 1.73 bits per heavy atom. The van der Waals surface area contributed by atoms with Crippen LogP contribution in [-0.4, -0.2) is 11.3 Å². The van der Waals surface area contributed by atoms with E-state index in [4.69, 9.17) is 15.7 Å². The van der Waals surface area contributed by atoms with Crippen LogP contribution in [0.3, 0.4) is 0 Å². The molecule has 0 unspecified atom stereocenters. The monoisotopic (exact) mass is 341 g/mol. The zero-order valence-corrected chi connectivity index (χ0v) is 8.11. The SMILES string of the molecule is NC(=O)[N-]OO.[CH3-].[O]=[Re](=[O])=[O]. The van der Waals surface area contributed by atoms with Crippen molar-refractivity contribution in [3.8, 4) is 0 Å². The molecular weight excluding hydrogens is 334 g/mol. The van der Waals surface area contributed by atoms with Crippen LogP contribution in [0.2, 0.25) is 0 Å². The van der Waals surface area contributed by atoms with Gasteiger partial charge in [0.2, 0.25) is 0 Å². The molecule has 0 heterocycles. The third kappa shape index (κ3) is 95.9. The Bertz CT molecular complexity index is 175. The van der Waals surface area contributed by atoms with Crippen molar-refractivity contribution in [2.24, 2.45) is 5.73 Å². The van der Waals surface area contributed by atoms with Crippen LogP contribution in [-0.2, 0) is 32.0 Å². The van der Waals surface area contributed by atoms with Crippen molar-refractivity contribution in [1.82, 2.24) is 0 Å². The molecule has 11 heavy (non-hydrogen) atoms. The molecule has 0 saturated heterocycles. The van der Waals surface area contributed by atoms with E-state index in [9.17, 15) is 4.79 Å². The first kappa shape index (κ1) is 16.7. The van der Waals surface area contributed by atoms with Gasteiger partial charge in [0, 0.05) is 0 Å². The molecule has 8 nitrogen and oxygen atoms in total. The molecule has 9 heteroatoms. The van der Waals surface area contributed by atoms with Crippen LogP contribution in [0.1, 0.15) is 0 Å². The van der Waals surface area contributed by atoms with E-state index in [0.29, 0.717) is 0 Å². The van der Waals surface area contributed by atoms with Gasteiger partial charge in [-0.1, -0.05) is 0 Å². The first-order chi connectivity index (χ1) is 4.50. The molecule has 0 rings (SSSR count). The maximum absolute atomic E-state index is 9.37. The summed E-state index contributed by atoms with van der Waals surface area (Å²) >= 11 is -4.21. The number of carbonyl (C=O) groups is 1. The topological polar surface area (TPSA) is 138 Å². The van der Waals surface area contributed by atoms with Gasteiger partial charge in [0.05, 0.1) is 0 Å². The number of amides is 2. The third-order valence-corrected chi connectivity index (χ3v) is 0.131. The van der Waals surface area contributed by atoms with E-state index in [1.165, 1.54) is 0 Å². The summed E-state index contributed by atoms with van der Waals surface area (Å²) in [5, 5.41) is 7.27. The van der Waals surface area contributed by atoms with Gasteiger partial charge in [0.1, 0.15) is 0 Å². The first-order valence-corrected chi connectivity index (χ1v) is 4.87. The van der Waals surface area contributed by atoms with Crippen LogP contribution >= 0.6 is 0 Å². The van der Waals surface area contributed by atoms with Gasteiger partial charge in [-0.25, -0.2) is 5.26 Å². The number of urea groups is 1. The summed E-state index contributed by atoms with van der Waals surface area (Å²) < 4.78 is 25.8. The van der Waals surface area contributed by atoms with Crippen molar-refractivity contribution < 1.29 is 42.1 Å². The summed E-state index contributed by atoms with van der Waals surface area (Å²) in [6, 6.07) is -1.06. The van der Waals surface area contributed by atoms with Crippen LogP contribution in [0, 0.1) is 7.43 Å². The number of nitrogens with two attached hydrogens (primary N) is 1. The molecule has 0 aromatic rings. The molecular formula is C2H6N2O6Re-2. The Morgan fingerprint density at radius 2 is 1.73 bits per heavy atom. The fourth-order valence-corrected chi connectivity index (χ4v) is 0.0402. The maximum atomic E-state index is 9.37. The van der Waals surface area contributed by atoms with Crippen LogP contribution < -0.4 is 5.73 Å². The molecule has 0 fully saturated rings. The molecule has 0 atom stereocenters. The van der Waals surface area contributed by atoms with Gasteiger partial charge in [-0.05, 0) is 0 Å². The van der Waals surface area contributed by atoms with Gasteiger partial charge in [-0.3, -0.25) is 10.3 Å². The zero-order valence-electron chi connectivity index (χ0n) is 5.39. The molecule has 0 aliphatic rings. The Morgan fingerprint density at radius 1 is 1.45 bits per heavy atom. The summed E-state index contributed by atoms with van der Waals surface area (Å²) in [7, 11) is 0. The summed E-state index contributed by atoms with van der Waals surface area (Å²) in [6.07, 6.45) is 0. The molecule has 2 amide bonds. The minimum absolute atomic E-state index is 0. The fraction of sp³-hybridized carbons (Fsp3) is 0. The van der Waals surface area contributed by atoms with Crippen molar-refractivity contribution in [3.63, 3.8) is 0 Å². The first-order valence-electron chi connectivity index (χ1n) is 1.54. The van der Waals surface area contributed by atoms with Crippen LogP contribution in [0.25, 0.3) is 5.48 Å². The summed E-state index contributed by atoms with van der Waals surface area (Å²) in [5.41, 5.74) is 6.63. The van der Waals surface area contributed by atoms with Crippen molar-refractivity contribution >= 4 is 6.03 Å². The fourth-order valence-electron chi connectivity index (χ4n) is 0.0402. The van der Waals surface area contributed by atoms with E-state index < -0.39 is 22.7 Å². The van der Waals surface area contributed by atoms with Gasteiger partial charge >= 0.3 is 27.0 Å². The van der Waals surface area contributed by atoms with E-state index in [1.807, 2.05) is 0 Å². The molecule has 0 saturated carbocycles. The van der Waals surface area contributed by atoms with E-state index in [0.717, 1.165) is 0 Å². The Labute approximate surface area is 67.4 Å². The number of hydrogen-bond donors (Lipinski definition) is 2. The molecule has 0 bridgehead atoms. The second-order valence-electron chi connectivity index (χ2n) is 0.700. The second-order valence-corrected chi connectivity index (χ2v) is 2.06. The number of nitrogens with zero attached hydrogens (tertiary/aromatic N) is 1. The van der Waals surface area contributed by atoms with E-state index in [2.05, 4.69) is 16.2 Å². The van der Waals surface area contributed by atoms with Gasteiger partial charge in [0.15, 0.2) is 6.03 Å². The van der Waals surface area contributed by atoms with Crippen molar-refractivity contribution in [2.45, 2.75) is 0 Å². The van der Waals surface area contributed by atoms with Gasteiger partial charge in [-0.15, -0.1) is 0 Å². The van der Waals surface area contributed by atoms with Gasteiger partial charge in [-0.2, -0.15) is 4.99 Å². The summed E-state index contributed by atoms with van der Waals surface area (Å²) in [5.74, 6) is 0. The molecule has 69 valence electrons. The summed E-state index contributed by atoms with van der Waals surface area (Å²) in [4.78, 5) is 12.3. The van der Waals surface area contributed by atoms with Crippen LogP contribution in [0.5, 0.6) is 0 Å². The Hall–Kier alpha value is -0.748. The number of rotatable bonds is 1. The predicted octanol–water partition coefficient (Wildman–Crippen LogP) is -0.0652. The van der Waals surface area contributed by atoms with E-state index in [1.54, 1.807) is 0 Å². The second kappa shape index (κ2) is 12.0. The third-order valence-electron chi connectivity index (χ3n) is 0.131. The predicted molar refractivity (Wildman–Crippen MR) is 25.1 cm³/mol. The van der Waals surface area contributed by atoms with E-state index >= 15 is 0 Å². The summed E-state index contributed by atoms with van der Waals surface area (Å²) in [6.45, 7) is 0. The molecule has 0 radical (unpaired) electrons. The number of primary amides is 1. The molecule has 3 N–H and O–H groups in total. The Balaban J connectivity index is -0.000000114. The van der Waals surface area contributed by atoms with Crippen molar-refractivity contribution in [2.75, 3.05) is 0 Å². The molecule has 0 aromatic heterocycles. The number of carbonyl (C=O) groups excluding carboxylic acids is 1. The van der Waals surface area contributed by atoms with Crippen molar-refractivity contribution in [1.29, 1.82) is 0 Å². The number of hydrogen-bond acceptors (Lipinski definition) is 6. The van der Waals surface area contributed by atoms with Gasteiger partial charge < -0.3 is 13.2 Å². The molecule has 0 spiro atoms. The van der Waals surface area contributed by atoms with Crippen LogP contribution in [0.4, 0.5) is 4.79 Å². The minimum atomic E-state index is -4.21. The molecule has 0 aliphatic heterocycles. The van der Waals surface area contributed by atoms with Crippen molar-refractivity contribution in [3.05, 3.63) is 12.9 Å². The van der Waals surface area contributed by atoms with Crippen LogP contribution in [0.15, 0.2) is 0 Å². The quantitative estimate of drug-likeness (QED) is 0.389. The normalized spacial score (nSPS) is 6.27.